The van der Waals surface area contributed by atoms with E-state index in [-0.39, 0.29) is 24.2 Å². The van der Waals surface area contributed by atoms with Gasteiger partial charge < -0.3 is 10.6 Å². The van der Waals surface area contributed by atoms with Gasteiger partial charge in [-0.25, -0.2) is 9.07 Å². The van der Waals surface area contributed by atoms with Crippen LogP contribution in [0.2, 0.25) is 0 Å². The molecule has 2 rings (SSSR count). The van der Waals surface area contributed by atoms with Crippen molar-refractivity contribution in [3.8, 4) is 5.69 Å². The first-order chi connectivity index (χ1) is 11.6. The number of hydrogen-bond donors (Lipinski definition) is 2. The second-order valence-corrected chi connectivity index (χ2v) is 5.28. The first-order valence-electron chi connectivity index (χ1n) is 7.94. The fourth-order valence-corrected chi connectivity index (χ4v) is 2.29. The summed E-state index contributed by atoms with van der Waals surface area (Å²) in [5.74, 6) is -0.916. The van der Waals surface area contributed by atoms with Crippen molar-refractivity contribution in [1.82, 2.24) is 20.4 Å². The minimum atomic E-state index is -0.355. The highest BCUT2D eigenvalue weighted by molar-refractivity contribution is 5.97. The summed E-state index contributed by atoms with van der Waals surface area (Å²) in [7, 11) is 0. The van der Waals surface area contributed by atoms with Crippen LogP contribution in [-0.2, 0) is 11.2 Å². The Morgan fingerprint density at radius 1 is 1.17 bits per heavy atom. The molecule has 0 atom stereocenters. The molecular formula is C17H21FN4O2. The highest BCUT2D eigenvalue weighted by Crippen LogP contribution is 2.16. The van der Waals surface area contributed by atoms with Gasteiger partial charge in [0, 0.05) is 6.54 Å². The first kappa shape index (κ1) is 17.7. The summed E-state index contributed by atoms with van der Waals surface area (Å²) in [6, 6.07) is 5.88. The molecule has 2 aromatic rings. The molecule has 128 valence electrons. The van der Waals surface area contributed by atoms with Gasteiger partial charge in [-0.05, 0) is 37.1 Å². The maximum absolute atomic E-state index is 13.1. The Labute approximate surface area is 140 Å². The largest absolute Gasteiger partial charge is 0.355 e. The Bertz CT molecular complexity index is 710. The van der Waals surface area contributed by atoms with E-state index >= 15 is 0 Å². The fourth-order valence-electron chi connectivity index (χ4n) is 2.29. The highest BCUT2D eigenvalue weighted by Gasteiger charge is 2.17. The second-order valence-electron chi connectivity index (χ2n) is 5.28. The van der Waals surface area contributed by atoms with Gasteiger partial charge in [0.15, 0.2) is 0 Å². The van der Waals surface area contributed by atoms with Crippen LogP contribution in [0.5, 0.6) is 0 Å². The molecule has 0 fully saturated rings. The quantitative estimate of drug-likeness (QED) is 0.812. The van der Waals surface area contributed by atoms with Crippen LogP contribution in [0.25, 0.3) is 5.69 Å². The fraction of sp³-hybridized carbons (Fsp3) is 0.353. The van der Waals surface area contributed by atoms with E-state index in [0.717, 1.165) is 6.42 Å². The van der Waals surface area contributed by atoms with Crippen molar-refractivity contribution in [2.45, 2.75) is 26.7 Å². The van der Waals surface area contributed by atoms with Crippen LogP contribution in [0, 0.1) is 5.82 Å². The lowest BCUT2D eigenvalue weighted by atomic mass is 10.2. The Balaban J connectivity index is 2.12. The van der Waals surface area contributed by atoms with Crippen LogP contribution in [0.15, 0.2) is 30.5 Å². The maximum atomic E-state index is 13.1. The molecule has 7 heteroatoms. The molecular weight excluding hydrogens is 311 g/mol. The molecule has 0 radical (unpaired) electrons. The molecule has 2 N–H and O–H groups in total. The monoisotopic (exact) mass is 332 g/mol. The lowest BCUT2D eigenvalue weighted by Crippen LogP contribution is -2.37. The van der Waals surface area contributed by atoms with Crippen LogP contribution in [0.1, 0.15) is 36.3 Å². The maximum Gasteiger partial charge on any atom is 0.255 e. The Kier molecular flexibility index (Phi) is 6.06. The van der Waals surface area contributed by atoms with Gasteiger partial charge >= 0.3 is 0 Å². The lowest BCUT2D eigenvalue weighted by Gasteiger charge is -2.09. The van der Waals surface area contributed by atoms with E-state index in [0.29, 0.717) is 29.9 Å². The van der Waals surface area contributed by atoms with Crippen LogP contribution in [0.4, 0.5) is 4.39 Å². The molecule has 0 saturated heterocycles. The van der Waals surface area contributed by atoms with E-state index in [9.17, 15) is 14.0 Å². The zero-order valence-electron chi connectivity index (χ0n) is 13.8. The summed E-state index contributed by atoms with van der Waals surface area (Å²) >= 11 is 0. The number of aromatic nitrogens is 2. The van der Waals surface area contributed by atoms with Crippen molar-refractivity contribution in [3.63, 3.8) is 0 Å². The van der Waals surface area contributed by atoms with Gasteiger partial charge in [-0.3, -0.25) is 9.59 Å². The van der Waals surface area contributed by atoms with E-state index in [4.69, 9.17) is 0 Å². The van der Waals surface area contributed by atoms with Crippen molar-refractivity contribution in [2.75, 3.05) is 13.1 Å². The average molecular weight is 332 g/mol. The van der Waals surface area contributed by atoms with Crippen molar-refractivity contribution in [3.05, 3.63) is 47.5 Å². The molecule has 0 bridgehead atoms. The number of amides is 2. The van der Waals surface area contributed by atoms with Gasteiger partial charge in [0.2, 0.25) is 5.91 Å². The lowest BCUT2D eigenvalue weighted by molar-refractivity contribution is -0.120. The van der Waals surface area contributed by atoms with E-state index in [2.05, 4.69) is 15.7 Å². The summed E-state index contributed by atoms with van der Waals surface area (Å²) in [5, 5.41) is 9.50. The predicted molar refractivity (Wildman–Crippen MR) is 88.5 cm³/mol. The minimum absolute atomic E-state index is 0.0796. The molecule has 0 aliphatic carbocycles. The average Bonchev–Trinajstić information content (AvgIpc) is 3.02. The smallest absolute Gasteiger partial charge is 0.255 e. The molecule has 1 heterocycles. The van der Waals surface area contributed by atoms with Gasteiger partial charge in [0.05, 0.1) is 29.7 Å². The number of nitrogens with zero attached hydrogens (tertiary/aromatic N) is 2. The molecule has 6 nitrogen and oxygen atoms in total. The van der Waals surface area contributed by atoms with Crippen molar-refractivity contribution in [2.24, 2.45) is 0 Å². The minimum Gasteiger partial charge on any atom is -0.355 e. The molecule has 0 spiro atoms. The van der Waals surface area contributed by atoms with E-state index in [1.54, 1.807) is 16.8 Å². The molecule has 0 saturated carbocycles. The van der Waals surface area contributed by atoms with Crippen LogP contribution in [-0.4, -0.2) is 34.7 Å². The van der Waals surface area contributed by atoms with Crippen molar-refractivity contribution < 1.29 is 14.0 Å². The number of nitrogens with one attached hydrogen (secondary N) is 2. The topological polar surface area (TPSA) is 76.0 Å². The number of rotatable bonds is 7. The normalized spacial score (nSPS) is 10.5. The van der Waals surface area contributed by atoms with Crippen LogP contribution < -0.4 is 10.6 Å². The molecule has 0 aliphatic rings. The third-order valence-electron chi connectivity index (χ3n) is 3.50. The van der Waals surface area contributed by atoms with Gasteiger partial charge in [0.1, 0.15) is 5.82 Å². The summed E-state index contributed by atoms with van der Waals surface area (Å²) in [6.07, 6.45) is 2.87. The van der Waals surface area contributed by atoms with E-state index in [1.165, 1.54) is 18.3 Å². The van der Waals surface area contributed by atoms with Crippen molar-refractivity contribution >= 4 is 11.8 Å². The van der Waals surface area contributed by atoms with E-state index in [1.807, 2.05) is 13.8 Å². The van der Waals surface area contributed by atoms with Crippen LogP contribution in [0.3, 0.4) is 0 Å². The third-order valence-corrected chi connectivity index (χ3v) is 3.50. The number of hydrogen-bond acceptors (Lipinski definition) is 3. The van der Waals surface area contributed by atoms with Gasteiger partial charge in [-0.1, -0.05) is 13.8 Å². The molecule has 0 aliphatic heterocycles. The second kappa shape index (κ2) is 8.24. The van der Waals surface area contributed by atoms with Crippen LogP contribution >= 0.6 is 0 Å². The Morgan fingerprint density at radius 3 is 2.50 bits per heavy atom. The van der Waals surface area contributed by atoms with Gasteiger partial charge in [0.25, 0.3) is 5.91 Å². The molecule has 1 aromatic heterocycles. The van der Waals surface area contributed by atoms with Gasteiger partial charge in [-0.15, -0.1) is 0 Å². The standard InChI is InChI=1S/C17H21FN4O2/c1-3-9-19-16(23)11-20-17(24)14-10-21-22(15(14)4-2)13-7-5-12(18)6-8-13/h5-8,10H,3-4,9,11H2,1-2H3,(H,19,23)(H,20,24). The van der Waals surface area contributed by atoms with Crippen molar-refractivity contribution in [1.29, 1.82) is 0 Å². The first-order valence-corrected chi connectivity index (χ1v) is 7.94. The zero-order valence-corrected chi connectivity index (χ0v) is 13.8. The molecule has 1 aromatic carbocycles. The number of benzene rings is 1. The molecule has 2 amide bonds. The number of halogens is 1. The third kappa shape index (κ3) is 4.18. The highest BCUT2D eigenvalue weighted by atomic mass is 19.1. The summed E-state index contributed by atoms with van der Waals surface area (Å²) in [5.41, 5.74) is 1.78. The summed E-state index contributed by atoms with van der Waals surface area (Å²) in [4.78, 5) is 23.9. The Hall–Kier alpha value is -2.70. The SMILES string of the molecule is CCCNC(=O)CNC(=O)c1cnn(-c2ccc(F)cc2)c1CC. The molecule has 24 heavy (non-hydrogen) atoms. The number of carbonyl (C=O) groups excluding carboxylic acids is 2. The number of carbonyl (C=O) groups is 2. The van der Waals surface area contributed by atoms with Gasteiger partial charge in [-0.2, -0.15) is 5.10 Å². The zero-order chi connectivity index (χ0) is 17.5. The predicted octanol–water partition coefficient (Wildman–Crippen LogP) is 1.83. The summed E-state index contributed by atoms with van der Waals surface area (Å²) in [6.45, 7) is 4.36. The van der Waals surface area contributed by atoms with E-state index < -0.39 is 0 Å². The summed E-state index contributed by atoms with van der Waals surface area (Å²) < 4.78 is 14.7. The molecule has 0 unspecified atom stereocenters. The Morgan fingerprint density at radius 2 is 1.88 bits per heavy atom.